The van der Waals surface area contributed by atoms with Crippen LogP contribution >= 0.6 is 0 Å². The van der Waals surface area contributed by atoms with Gasteiger partial charge in [0.2, 0.25) is 6.79 Å². The van der Waals surface area contributed by atoms with E-state index in [9.17, 15) is 0 Å². The van der Waals surface area contributed by atoms with Gasteiger partial charge < -0.3 is 9.47 Å². The molecule has 2 rings (SSSR count). The van der Waals surface area contributed by atoms with Crippen molar-refractivity contribution < 1.29 is 9.47 Å². The molecular formula is C12H15NO2. The van der Waals surface area contributed by atoms with E-state index in [2.05, 4.69) is 18.0 Å². The van der Waals surface area contributed by atoms with Crippen LogP contribution in [0.1, 0.15) is 31.9 Å². The molecule has 1 aromatic rings. The highest BCUT2D eigenvalue weighted by molar-refractivity contribution is 5.54. The first-order valence-electron chi connectivity index (χ1n) is 5.22. The Balaban J connectivity index is 2.28. The summed E-state index contributed by atoms with van der Waals surface area (Å²) in [5, 5.41) is 0. The summed E-state index contributed by atoms with van der Waals surface area (Å²) in [6.45, 7) is 4.39. The van der Waals surface area contributed by atoms with E-state index in [1.807, 2.05) is 25.3 Å². The lowest BCUT2D eigenvalue weighted by Crippen LogP contribution is -1.94. The van der Waals surface area contributed by atoms with Gasteiger partial charge in [-0.3, -0.25) is 4.99 Å². The molecule has 15 heavy (non-hydrogen) atoms. The highest BCUT2D eigenvalue weighted by atomic mass is 16.7. The zero-order chi connectivity index (χ0) is 10.7. The van der Waals surface area contributed by atoms with Crippen LogP contribution in [0.3, 0.4) is 0 Å². The number of hydrogen-bond donors (Lipinski definition) is 0. The molecule has 1 aliphatic heterocycles. The predicted octanol–water partition coefficient (Wildman–Crippen LogP) is 2.96. The van der Waals surface area contributed by atoms with Gasteiger partial charge in [-0.15, -0.1) is 0 Å². The maximum atomic E-state index is 5.34. The van der Waals surface area contributed by atoms with Gasteiger partial charge in [0.25, 0.3) is 0 Å². The van der Waals surface area contributed by atoms with Crippen molar-refractivity contribution >= 4 is 6.21 Å². The summed E-state index contributed by atoms with van der Waals surface area (Å²) in [5.74, 6) is 1.66. The number of nitrogens with zero attached hydrogens (tertiary/aromatic N) is 1. The number of aliphatic imine (C=N–C) groups is 1. The zero-order valence-electron chi connectivity index (χ0n) is 9.06. The molecule has 0 spiro atoms. The van der Waals surface area contributed by atoms with Crippen LogP contribution in [0, 0.1) is 0 Å². The minimum absolute atomic E-state index is 0.226. The summed E-state index contributed by atoms with van der Waals surface area (Å²) in [6, 6.07) is 6.24. The highest BCUT2D eigenvalue weighted by Crippen LogP contribution is 2.35. The summed E-state index contributed by atoms with van der Waals surface area (Å²) in [5.41, 5.74) is 1.18. The smallest absolute Gasteiger partial charge is 0.231 e. The van der Waals surface area contributed by atoms with Crippen LogP contribution in [0.15, 0.2) is 23.2 Å². The first kappa shape index (κ1) is 10.0. The Morgan fingerprint density at radius 1 is 1.40 bits per heavy atom. The van der Waals surface area contributed by atoms with Crippen molar-refractivity contribution in [3.63, 3.8) is 0 Å². The molecule has 0 amide bonds. The molecule has 80 valence electrons. The lowest BCUT2D eigenvalue weighted by molar-refractivity contribution is 0.174. The SMILES string of the molecule is CC=NC(CC)c1ccc2c(c1)OCO2. The largest absolute Gasteiger partial charge is 0.454 e. The van der Waals surface area contributed by atoms with Crippen LogP contribution < -0.4 is 9.47 Å². The molecule has 0 N–H and O–H groups in total. The molecule has 1 atom stereocenters. The maximum Gasteiger partial charge on any atom is 0.231 e. The van der Waals surface area contributed by atoms with E-state index >= 15 is 0 Å². The molecule has 3 heteroatoms. The number of rotatable bonds is 3. The minimum atomic E-state index is 0.226. The van der Waals surface area contributed by atoms with Crippen LogP contribution in [0.25, 0.3) is 0 Å². The molecule has 1 unspecified atom stereocenters. The third kappa shape index (κ3) is 1.96. The third-order valence-electron chi connectivity index (χ3n) is 2.50. The number of fused-ring (bicyclic) bond motifs is 1. The number of benzene rings is 1. The highest BCUT2D eigenvalue weighted by Gasteiger charge is 2.15. The van der Waals surface area contributed by atoms with Crippen molar-refractivity contribution in [3.8, 4) is 11.5 Å². The Bertz CT molecular complexity index is 374. The fraction of sp³-hybridized carbons (Fsp3) is 0.417. The van der Waals surface area contributed by atoms with Gasteiger partial charge in [0.15, 0.2) is 11.5 Å². The van der Waals surface area contributed by atoms with Gasteiger partial charge in [-0.05, 0) is 37.3 Å². The molecule has 1 aliphatic rings. The van der Waals surface area contributed by atoms with Crippen molar-refractivity contribution in [1.82, 2.24) is 0 Å². The summed E-state index contributed by atoms with van der Waals surface area (Å²) >= 11 is 0. The summed E-state index contributed by atoms with van der Waals surface area (Å²) < 4.78 is 10.6. The number of ether oxygens (including phenoxy) is 2. The van der Waals surface area contributed by atoms with E-state index in [4.69, 9.17) is 9.47 Å². The molecular weight excluding hydrogens is 190 g/mol. The molecule has 0 bridgehead atoms. The Morgan fingerprint density at radius 2 is 2.20 bits per heavy atom. The van der Waals surface area contributed by atoms with Crippen molar-refractivity contribution in [1.29, 1.82) is 0 Å². The summed E-state index contributed by atoms with van der Waals surface area (Å²) in [6.07, 6.45) is 2.84. The normalized spacial score (nSPS) is 15.9. The standard InChI is InChI=1S/C12H15NO2/c1-3-10(13-4-2)9-5-6-11-12(7-9)15-8-14-11/h4-7,10H,3,8H2,1-2H3. The Hall–Kier alpha value is -1.51. The Labute approximate surface area is 89.7 Å². The van der Waals surface area contributed by atoms with Crippen molar-refractivity contribution in [3.05, 3.63) is 23.8 Å². The van der Waals surface area contributed by atoms with Crippen LogP contribution in [0.2, 0.25) is 0 Å². The monoisotopic (exact) mass is 205 g/mol. The quantitative estimate of drug-likeness (QED) is 0.710. The van der Waals surface area contributed by atoms with Crippen LogP contribution in [-0.4, -0.2) is 13.0 Å². The van der Waals surface area contributed by atoms with E-state index in [-0.39, 0.29) is 6.04 Å². The molecule has 3 nitrogen and oxygen atoms in total. The zero-order valence-corrected chi connectivity index (χ0v) is 9.06. The molecule has 0 saturated carbocycles. The van der Waals surface area contributed by atoms with Crippen LogP contribution in [0.5, 0.6) is 11.5 Å². The third-order valence-corrected chi connectivity index (χ3v) is 2.50. The maximum absolute atomic E-state index is 5.34. The van der Waals surface area contributed by atoms with Crippen LogP contribution in [-0.2, 0) is 0 Å². The fourth-order valence-electron chi connectivity index (χ4n) is 1.73. The predicted molar refractivity (Wildman–Crippen MR) is 59.8 cm³/mol. The van der Waals surface area contributed by atoms with Gasteiger partial charge in [-0.2, -0.15) is 0 Å². The summed E-state index contributed by atoms with van der Waals surface area (Å²) in [7, 11) is 0. The van der Waals surface area contributed by atoms with E-state index in [1.165, 1.54) is 5.56 Å². The van der Waals surface area contributed by atoms with Gasteiger partial charge in [0.05, 0.1) is 6.04 Å². The molecule has 1 aromatic carbocycles. The molecule has 0 aromatic heterocycles. The minimum Gasteiger partial charge on any atom is -0.454 e. The second-order valence-corrected chi connectivity index (χ2v) is 3.44. The first-order chi connectivity index (χ1) is 7.35. The van der Waals surface area contributed by atoms with Gasteiger partial charge in [-0.25, -0.2) is 0 Å². The van der Waals surface area contributed by atoms with Gasteiger partial charge in [-0.1, -0.05) is 13.0 Å². The van der Waals surface area contributed by atoms with Gasteiger partial charge >= 0.3 is 0 Å². The van der Waals surface area contributed by atoms with Gasteiger partial charge in [0.1, 0.15) is 0 Å². The van der Waals surface area contributed by atoms with E-state index < -0.39 is 0 Å². The van der Waals surface area contributed by atoms with E-state index in [1.54, 1.807) is 0 Å². The molecule has 0 radical (unpaired) electrons. The average Bonchev–Trinajstić information content (AvgIpc) is 2.72. The van der Waals surface area contributed by atoms with Crippen molar-refractivity contribution in [2.75, 3.05) is 6.79 Å². The summed E-state index contributed by atoms with van der Waals surface area (Å²) in [4.78, 5) is 4.42. The average molecular weight is 205 g/mol. The van der Waals surface area contributed by atoms with Gasteiger partial charge in [0, 0.05) is 0 Å². The van der Waals surface area contributed by atoms with Crippen molar-refractivity contribution in [2.45, 2.75) is 26.3 Å². The Morgan fingerprint density at radius 3 is 2.93 bits per heavy atom. The fourth-order valence-corrected chi connectivity index (χ4v) is 1.73. The molecule has 0 aliphatic carbocycles. The van der Waals surface area contributed by atoms with E-state index in [0.29, 0.717) is 6.79 Å². The second-order valence-electron chi connectivity index (χ2n) is 3.44. The second kappa shape index (κ2) is 4.34. The first-order valence-corrected chi connectivity index (χ1v) is 5.22. The number of hydrogen-bond acceptors (Lipinski definition) is 3. The molecule has 0 saturated heterocycles. The topological polar surface area (TPSA) is 30.8 Å². The molecule has 0 fully saturated rings. The Kier molecular flexibility index (Phi) is 2.90. The van der Waals surface area contributed by atoms with Crippen LogP contribution in [0.4, 0.5) is 0 Å². The lowest BCUT2D eigenvalue weighted by atomic mass is 10.0. The van der Waals surface area contributed by atoms with E-state index in [0.717, 1.165) is 17.9 Å². The van der Waals surface area contributed by atoms with Crippen molar-refractivity contribution in [2.24, 2.45) is 4.99 Å². The lowest BCUT2D eigenvalue weighted by Gasteiger charge is -2.10. The molecule has 1 heterocycles.